The van der Waals surface area contributed by atoms with E-state index in [0.29, 0.717) is 6.42 Å². The van der Waals surface area contributed by atoms with E-state index in [9.17, 15) is 14.4 Å². The van der Waals surface area contributed by atoms with E-state index >= 15 is 0 Å². The van der Waals surface area contributed by atoms with Gasteiger partial charge in [0.15, 0.2) is 0 Å². The number of aliphatic carboxylic acids is 1. The first kappa shape index (κ1) is 15.2. The fourth-order valence-corrected chi connectivity index (χ4v) is 1.24. The molecule has 98 valence electrons. The van der Waals surface area contributed by atoms with Gasteiger partial charge >= 0.3 is 18.0 Å². The highest BCUT2D eigenvalue weighted by molar-refractivity contribution is 5.84. The molecule has 17 heavy (non-hydrogen) atoms. The fourth-order valence-electron chi connectivity index (χ4n) is 1.24. The lowest BCUT2D eigenvalue weighted by Gasteiger charge is -2.23. The Bertz CT molecular complexity index is 292. The summed E-state index contributed by atoms with van der Waals surface area (Å²) < 4.78 is 4.62. The maximum Gasteiger partial charge on any atom is 0.326 e. The molecule has 0 fully saturated rings. The Kier molecular flexibility index (Phi) is 6.69. The molecular formula is C10H18N2O5. The topological polar surface area (TPSA) is 95.9 Å². The van der Waals surface area contributed by atoms with Gasteiger partial charge in [-0.25, -0.2) is 9.59 Å². The summed E-state index contributed by atoms with van der Waals surface area (Å²) in [7, 11) is 1.36. The van der Waals surface area contributed by atoms with Crippen LogP contribution in [-0.4, -0.2) is 54.2 Å². The summed E-state index contributed by atoms with van der Waals surface area (Å²) in [6.45, 7) is 3.28. The third-order valence-corrected chi connectivity index (χ3v) is 2.15. The number of hydrogen-bond donors (Lipinski definition) is 2. The number of nitrogens with one attached hydrogen (secondary N) is 1. The highest BCUT2D eigenvalue weighted by Crippen LogP contribution is 2.01. The van der Waals surface area contributed by atoms with E-state index in [0.717, 1.165) is 4.90 Å². The molecule has 0 bridgehead atoms. The van der Waals surface area contributed by atoms with E-state index < -0.39 is 24.0 Å². The summed E-state index contributed by atoms with van der Waals surface area (Å²) in [5.41, 5.74) is 0. The molecule has 0 aliphatic heterocycles. The molecule has 1 atom stereocenters. The van der Waals surface area contributed by atoms with Gasteiger partial charge in [-0.15, -0.1) is 0 Å². The number of carboxylic acid groups (broad SMARTS) is 1. The van der Waals surface area contributed by atoms with Crippen molar-refractivity contribution in [3.05, 3.63) is 0 Å². The third kappa shape index (κ3) is 5.19. The van der Waals surface area contributed by atoms with Crippen molar-refractivity contribution in [2.24, 2.45) is 0 Å². The number of ether oxygens (including phenoxy) is 1. The van der Waals surface area contributed by atoms with Gasteiger partial charge in [-0.1, -0.05) is 6.92 Å². The van der Waals surface area contributed by atoms with Crippen molar-refractivity contribution in [3.8, 4) is 0 Å². The number of nitrogens with zero attached hydrogens (tertiary/aromatic N) is 1. The molecule has 0 aliphatic carbocycles. The predicted octanol–water partition coefficient (Wildman–Crippen LogP) is 0.0541. The number of likely N-dealkylation sites (N-methyl/N-ethyl adjacent to an activating group) is 1. The van der Waals surface area contributed by atoms with E-state index in [1.807, 2.05) is 0 Å². The van der Waals surface area contributed by atoms with Gasteiger partial charge in [-0.2, -0.15) is 0 Å². The van der Waals surface area contributed by atoms with Crippen molar-refractivity contribution in [1.82, 2.24) is 10.2 Å². The molecular weight excluding hydrogens is 228 g/mol. The first-order chi connectivity index (χ1) is 7.93. The molecule has 0 aromatic heterocycles. The van der Waals surface area contributed by atoms with Crippen LogP contribution in [0.2, 0.25) is 0 Å². The van der Waals surface area contributed by atoms with E-state index in [1.54, 1.807) is 13.8 Å². The van der Waals surface area contributed by atoms with Gasteiger partial charge < -0.3 is 20.1 Å². The monoisotopic (exact) mass is 246 g/mol. The summed E-state index contributed by atoms with van der Waals surface area (Å²) in [5.74, 6) is -1.64. The van der Waals surface area contributed by atoms with Gasteiger partial charge in [0, 0.05) is 7.05 Å². The lowest BCUT2D eigenvalue weighted by Crippen LogP contribution is -2.48. The summed E-state index contributed by atoms with van der Waals surface area (Å²) in [6.07, 6.45) is 0.290. The molecule has 7 nitrogen and oxygen atoms in total. The fraction of sp³-hybridized carbons (Fsp3) is 0.700. The average Bonchev–Trinajstić information content (AvgIpc) is 2.26. The van der Waals surface area contributed by atoms with Crippen LogP contribution in [-0.2, 0) is 14.3 Å². The molecule has 7 heteroatoms. The zero-order valence-electron chi connectivity index (χ0n) is 10.2. The average molecular weight is 246 g/mol. The summed E-state index contributed by atoms with van der Waals surface area (Å²) in [4.78, 5) is 34.3. The molecule has 0 aliphatic rings. The SMILES string of the molecule is CCOC(=O)CNC(=O)N(C)C(CC)C(=O)O. The van der Waals surface area contributed by atoms with Crippen molar-refractivity contribution >= 4 is 18.0 Å². The van der Waals surface area contributed by atoms with Crippen LogP contribution < -0.4 is 5.32 Å². The van der Waals surface area contributed by atoms with Crippen LogP contribution in [0.25, 0.3) is 0 Å². The normalized spacial score (nSPS) is 11.5. The van der Waals surface area contributed by atoms with Gasteiger partial charge in [-0.3, -0.25) is 4.79 Å². The number of carbonyl (C=O) groups excluding carboxylic acids is 2. The van der Waals surface area contributed by atoms with Crippen molar-refractivity contribution in [2.45, 2.75) is 26.3 Å². The minimum absolute atomic E-state index is 0.233. The highest BCUT2D eigenvalue weighted by atomic mass is 16.5. The van der Waals surface area contributed by atoms with Crippen LogP contribution in [0.1, 0.15) is 20.3 Å². The molecule has 0 saturated carbocycles. The number of carbonyl (C=O) groups is 3. The molecule has 0 aromatic rings. The molecule has 0 heterocycles. The molecule has 2 N–H and O–H groups in total. The number of esters is 1. The Morgan fingerprint density at radius 2 is 1.94 bits per heavy atom. The van der Waals surface area contributed by atoms with E-state index in [4.69, 9.17) is 5.11 Å². The van der Waals surface area contributed by atoms with Crippen LogP contribution in [0.15, 0.2) is 0 Å². The smallest absolute Gasteiger partial charge is 0.326 e. The van der Waals surface area contributed by atoms with Crippen molar-refractivity contribution in [1.29, 1.82) is 0 Å². The van der Waals surface area contributed by atoms with E-state index in [2.05, 4.69) is 10.1 Å². The quantitative estimate of drug-likeness (QED) is 0.646. The van der Waals surface area contributed by atoms with Crippen molar-refractivity contribution in [2.75, 3.05) is 20.2 Å². The number of carboxylic acids is 1. The zero-order valence-corrected chi connectivity index (χ0v) is 10.2. The second-order valence-corrected chi connectivity index (χ2v) is 3.34. The largest absolute Gasteiger partial charge is 0.480 e. The van der Waals surface area contributed by atoms with Crippen LogP contribution in [0.5, 0.6) is 0 Å². The highest BCUT2D eigenvalue weighted by Gasteiger charge is 2.24. The second-order valence-electron chi connectivity index (χ2n) is 3.34. The number of rotatable bonds is 6. The van der Waals surface area contributed by atoms with Crippen molar-refractivity contribution < 1.29 is 24.2 Å². The van der Waals surface area contributed by atoms with Crippen LogP contribution in [0, 0.1) is 0 Å². The third-order valence-electron chi connectivity index (χ3n) is 2.15. The summed E-state index contributed by atoms with van der Waals surface area (Å²) >= 11 is 0. The van der Waals surface area contributed by atoms with Gasteiger partial charge in [0.25, 0.3) is 0 Å². The van der Waals surface area contributed by atoms with Crippen LogP contribution >= 0.6 is 0 Å². The first-order valence-corrected chi connectivity index (χ1v) is 5.33. The molecule has 0 spiro atoms. The van der Waals surface area contributed by atoms with Gasteiger partial charge in [0.05, 0.1) is 6.61 Å². The van der Waals surface area contributed by atoms with E-state index in [-0.39, 0.29) is 13.2 Å². The Morgan fingerprint density at radius 1 is 1.35 bits per heavy atom. The number of hydrogen-bond acceptors (Lipinski definition) is 4. The Hall–Kier alpha value is -1.79. The zero-order chi connectivity index (χ0) is 13.4. The van der Waals surface area contributed by atoms with Crippen LogP contribution in [0.3, 0.4) is 0 Å². The van der Waals surface area contributed by atoms with Crippen LogP contribution in [0.4, 0.5) is 4.79 Å². The predicted molar refractivity (Wildman–Crippen MR) is 59.5 cm³/mol. The summed E-state index contributed by atoms with van der Waals surface area (Å²) in [6, 6.07) is -1.52. The number of urea groups is 1. The molecule has 0 aromatic carbocycles. The minimum Gasteiger partial charge on any atom is -0.480 e. The molecule has 2 amide bonds. The molecule has 1 unspecified atom stereocenters. The lowest BCUT2D eigenvalue weighted by molar-refractivity contribution is -0.142. The summed E-state index contributed by atoms with van der Waals surface area (Å²) in [5, 5.41) is 11.1. The second kappa shape index (κ2) is 7.48. The standard InChI is InChI=1S/C10H18N2O5/c1-4-7(9(14)15)12(3)10(16)11-6-8(13)17-5-2/h7H,4-6H2,1-3H3,(H,11,16)(H,14,15). The Morgan fingerprint density at radius 3 is 2.35 bits per heavy atom. The maximum atomic E-state index is 11.5. The number of amides is 2. The van der Waals surface area contributed by atoms with E-state index in [1.165, 1.54) is 7.05 Å². The van der Waals surface area contributed by atoms with Crippen molar-refractivity contribution in [3.63, 3.8) is 0 Å². The maximum absolute atomic E-state index is 11.5. The van der Waals surface area contributed by atoms with Gasteiger partial charge in [-0.05, 0) is 13.3 Å². The molecule has 0 radical (unpaired) electrons. The van der Waals surface area contributed by atoms with Gasteiger partial charge in [0.1, 0.15) is 12.6 Å². The Balaban J connectivity index is 4.21. The Labute approximate surface area is 99.7 Å². The first-order valence-electron chi connectivity index (χ1n) is 5.33. The lowest BCUT2D eigenvalue weighted by atomic mass is 10.2. The van der Waals surface area contributed by atoms with Gasteiger partial charge in [0.2, 0.25) is 0 Å². The minimum atomic E-state index is -1.08. The molecule has 0 rings (SSSR count). The molecule has 0 saturated heterocycles.